The van der Waals surface area contributed by atoms with Crippen molar-refractivity contribution in [1.82, 2.24) is 19.6 Å². The molecule has 0 saturated heterocycles. The van der Waals surface area contributed by atoms with E-state index >= 15 is 0 Å². The number of rotatable bonds is 4. The fraction of sp³-hybridized carbons (Fsp3) is 0.357. The summed E-state index contributed by atoms with van der Waals surface area (Å²) in [5.74, 6) is 0.350. The van der Waals surface area contributed by atoms with Crippen molar-refractivity contribution in [3.63, 3.8) is 0 Å². The zero-order valence-electron chi connectivity index (χ0n) is 13.5. The van der Waals surface area contributed by atoms with Crippen molar-refractivity contribution in [3.05, 3.63) is 49.5 Å². The molecule has 10 heteroatoms. The summed E-state index contributed by atoms with van der Waals surface area (Å²) in [5, 5.41) is 12.6. The van der Waals surface area contributed by atoms with Crippen molar-refractivity contribution in [2.75, 3.05) is 6.54 Å². The molecule has 10 nitrogen and oxygen atoms in total. The Morgan fingerprint density at radius 2 is 1.96 bits per heavy atom. The number of hydrogen-bond donors (Lipinski definition) is 0. The molecule has 0 fully saturated rings. The van der Waals surface area contributed by atoms with Gasteiger partial charge in [-0.05, 0) is 55.0 Å². The van der Waals surface area contributed by atoms with Gasteiger partial charge in [-0.2, -0.15) is 0 Å². The fourth-order valence-corrected chi connectivity index (χ4v) is 2.82. The topological polar surface area (TPSA) is 141 Å². The van der Waals surface area contributed by atoms with Crippen molar-refractivity contribution >= 4 is 22.5 Å². The first kappa shape index (κ1) is 15.5. The molecular weight excluding hydrogens is 308 g/mol. The van der Waals surface area contributed by atoms with E-state index in [1.807, 2.05) is 26.8 Å². The first-order valence-corrected chi connectivity index (χ1v) is 7.29. The lowest BCUT2D eigenvalue weighted by Crippen LogP contribution is -2.03. The molecule has 3 aromatic heterocycles. The molecule has 0 radical (unpaired) electrons. The Balaban J connectivity index is 2.39. The van der Waals surface area contributed by atoms with Crippen molar-refractivity contribution < 1.29 is 0 Å². The molecule has 0 amide bonds. The third kappa shape index (κ3) is 2.45. The molecule has 0 spiro atoms. The lowest BCUT2D eigenvalue weighted by molar-refractivity contribution is 0.867. The van der Waals surface area contributed by atoms with E-state index in [1.165, 1.54) is 4.52 Å². The van der Waals surface area contributed by atoms with E-state index in [-0.39, 0.29) is 6.54 Å². The molecule has 0 aliphatic heterocycles. The average molecular weight is 322 g/mol. The lowest BCUT2D eigenvalue weighted by Gasteiger charge is -2.09. The molecule has 0 saturated carbocycles. The molecule has 3 rings (SSSR count). The van der Waals surface area contributed by atoms with Crippen LogP contribution in [0.1, 0.15) is 22.5 Å². The molecule has 3 aromatic rings. The summed E-state index contributed by atoms with van der Waals surface area (Å²) in [7, 11) is 0. The summed E-state index contributed by atoms with van der Waals surface area (Å²) in [5.41, 5.74) is 21.8. The van der Waals surface area contributed by atoms with Gasteiger partial charge >= 0.3 is 0 Å². The largest absolute Gasteiger partial charge is 0.233 e. The normalized spacial score (nSPS) is 10.6. The number of fused-ring (bicyclic) bond motifs is 3. The maximum Gasteiger partial charge on any atom is 0.184 e. The van der Waals surface area contributed by atoms with E-state index in [1.54, 1.807) is 0 Å². The van der Waals surface area contributed by atoms with Crippen LogP contribution in [0, 0.1) is 20.8 Å². The van der Waals surface area contributed by atoms with Gasteiger partial charge in [0.2, 0.25) is 0 Å². The second-order valence-corrected chi connectivity index (χ2v) is 5.41. The van der Waals surface area contributed by atoms with Crippen molar-refractivity contribution in [2.45, 2.75) is 27.2 Å². The summed E-state index contributed by atoms with van der Waals surface area (Å²) in [6, 6.07) is 1.96. The second-order valence-electron chi connectivity index (χ2n) is 5.41. The van der Waals surface area contributed by atoms with Gasteiger partial charge in [0.15, 0.2) is 11.3 Å². The van der Waals surface area contributed by atoms with Crippen molar-refractivity contribution in [1.29, 1.82) is 0 Å². The summed E-state index contributed by atoms with van der Waals surface area (Å²) < 4.78 is 1.52. The summed E-state index contributed by atoms with van der Waals surface area (Å²) >= 11 is 0. The van der Waals surface area contributed by atoms with Crippen LogP contribution in [0.2, 0.25) is 0 Å². The number of nitrogens with zero attached hydrogens (tertiary/aromatic N) is 10. The monoisotopic (exact) mass is 322 g/mol. The highest BCUT2D eigenvalue weighted by molar-refractivity contribution is 5.93. The molecule has 3 heterocycles. The highest BCUT2D eigenvalue weighted by atomic mass is 15.3. The highest BCUT2D eigenvalue weighted by Gasteiger charge is 2.17. The number of hydrogen-bond acceptors (Lipinski definition) is 5. The van der Waals surface area contributed by atoms with Crippen LogP contribution in [-0.2, 0) is 6.42 Å². The summed E-state index contributed by atoms with van der Waals surface area (Å²) in [6.45, 7) is 5.94. The lowest BCUT2D eigenvalue weighted by atomic mass is 10.1. The summed E-state index contributed by atoms with van der Waals surface area (Å²) in [4.78, 5) is 14.7. The molecule has 0 atom stereocenters. The van der Waals surface area contributed by atoms with Gasteiger partial charge in [0.25, 0.3) is 0 Å². The molecule has 0 N–H and O–H groups in total. The Morgan fingerprint density at radius 3 is 2.67 bits per heavy atom. The van der Waals surface area contributed by atoms with Crippen molar-refractivity contribution in [3.8, 4) is 0 Å². The number of aromatic nitrogens is 4. The van der Waals surface area contributed by atoms with Crippen molar-refractivity contribution in [2.24, 2.45) is 10.2 Å². The van der Waals surface area contributed by atoms with E-state index in [2.05, 4.69) is 35.1 Å². The van der Waals surface area contributed by atoms with Crippen LogP contribution in [0.3, 0.4) is 0 Å². The van der Waals surface area contributed by atoms with Gasteiger partial charge in [0, 0.05) is 33.3 Å². The molecule has 0 aromatic carbocycles. The van der Waals surface area contributed by atoms with Gasteiger partial charge in [-0.25, -0.2) is 14.5 Å². The standard InChI is InChI=1S/C14H14N10/c1-7-6-8(2)18-12-11(7)14-19-9(3)10(4-5-17-22-15)13(20-23-16)24(14)21-12/h6H,4-5H2,1-3H3. The van der Waals surface area contributed by atoms with E-state index in [0.29, 0.717) is 34.8 Å². The third-order valence-electron chi connectivity index (χ3n) is 3.79. The van der Waals surface area contributed by atoms with E-state index in [4.69, 9.17) is 11.1 Å². The first-order chi connectivity index (χ1) is 11.6. The predicted molar refractivity (Wildman–Crippen MR) is 89.0 cm³/mol. The molecule has 0 bridgehead atoms. The van der Waals surface area contributed by atoms with E-state index in [0.717, 1.165) is 16.6 Å². The smallest absolute Gasteiger partial charge is 0.184 e. The third-order valence-corrected chi connectivity index (χ3v) is 3.79. The van der Waals surface area contributed by atoms with Gasteiger partial charge in [0.05, 0.1) is 5.39 Å². The zero-order valence-corrected chi connectivity index (χ0v) is 13.5. The van der Waals surface area contributed by atoms with Crippen LogP contribution < -0.4 is 0 Å². The van der Waals surface area contributed by atoms with Crippen LogP contribution in [0.25, 0.3) is 37.6 Å². The van der Waals surface area contributed by atoms with Gasteiger partial charge in [-0.3, -0.25) is 0 Å². The molecule has 24 heavy (non-hydrogen) atoms. The zero-order chi connectivity index (χ0) is 17.3. The Morgan fingerprint density at radius 1 is 1.17 bits per heavy atom. The van der Waals surface area contributed by atoms with Gasteiger partial charge in [-0.1, -0.05) is 5.11 Å². The summed E-state index contributed by atoms with van der Waals surface area (Å²) in [6.07, 6.45) is 0.412. The Bertz CT molecular complexity index is 1050. The predicted octanol–water partition coefficient (Wildman–Crippen LogP) is 4.00. The Kier molecular flexibility index (Phi) is 3.91. The van der Waals surface area contributed by atoms with Crippen LogP contribution in [0.4, 0.5) is 5.82 Å². The molecule has 0 aliphatic carbocycles. The second kappa shape index (κ2) is 6.04. The van der Waals surface area contributed by atoms with Gasteiger partial charge in [0.1, 0.15) is 5.82 Å². The SMILES string of the molecule is Cc1cc(C)c2c(n1)nn1c(N=[N+]=[N-])c(CCN=[N+]=[N-])c(C)nc21. The number of aryl methyl sites for hydroxylation is 3. The van der Waals surface area contributed by atoms with Crippen LogP contribution in [0.5, 0.6) is 0 Å². The molecular formula is C14H14N10. The van der Waals surface area contributed by atoms with Gasteiger partial charge < -0.3 is 0 Å². The average Bonchev–Trinajstić information content (AvgIpc) is 2.88. The minimum Gasteiger partial charge on any atom is -0.233 e. The Labute approximate surface area is 136 Å². The maximum absolute atomic E-state index is 8.94. The quantitative estimate of drug-likeness (QED) is 0.407. The Hall–Kier alpha value is -3.35. The first-order valence-electron chi connectivity index (χ1n) is 7.29. The highest BCUT2D eigenvalue weighted by Crippen LogP contribution is 2.29. The van der Waals surface area contributed by atoms with Gasteiger partial charge in [-0.15, -0.1) is 5.10 Å². The van der Waals surface area contributed by atoms with Crippen LogP contribution in [0.15, 0.2) is 16.3 Å². The van der Waals surface area contributed by atoms with E-state index < -0.39 is 0 Å². The molecule has 0 aliphatic rings. The molecule has 0 unspecified atom stereocenters. The fourth-order valence-electron chi connectivity index (χ4n) is 2.82. The molecule has 120 valence electrons. The van der Waals surface area contributed by atoms with E-state index in [9.17, 15) is 0 Å². The number of azide groups is 2. The minimum absolute atomic E-state index is 0.246. The van der Waals surface area contributed by atoms with Crippen LogP contribution in [-0.4, -0.2) is 26.1 Å². The van der Waals surface area contributed by atoms with Crippen LogP contribution >= 0.6 is 0 Å². The number of pyridine rings is 1. The minimum atomic E-state index is 0.246. The maximum atomic E-state index is 8.94.